The number of hydrogen-bond acceptors (Lipinski definition) is 5. The molecule has 1 aromatic carbocycles. The largest absolute Gasteiger partial charge is 0.480 e. The summed E-state index contributed by atoms with van der Waals surface area (Å²) in [5.74, 6) is -1.30. The van der Waals surface area contributed by atoms with Crippen molar-refractivity contribution in [2.24, 2.45) is 0 Å². The minimum Gasteiger partial charge on any atom is -0.480 e. The SMILES string of the molecule is CC[C@](C)(NS(=O)(=O)c1ccc2c(c1)NC(=O)[C@@H](C)O2)C(=O)O. The van der Waals surface area contributed by atoms with Gasteiger partial charge in [0, 0.05) is 0 Å². The van der Waals surface area contributed by atoms with Crippen molar-refractivity contribution in [2.45, 2.75) is 43.7 Å². The lowest BCUT2D eigenvalue weighted by Gasteiger charge is -2.26. The van der Waals surface area contributed by atoms with E-state index in [1.165, 1.54) is 25.1 Å². The Hall–Kier alpha value is -2.13. The van der Waals surface area contributed by atoms with Crippen molar-refractivity contribution in [3.05, 3.63) is 18.2 Å². The van der Waals surface area contributed by atoms with Crippen molar-refractivity contribution in [3.8, 4) is 5.75 Å². The number of fused-ring (bicyclic) bond motifs is 1. The molecule has 126 valence electrons. The molecule has 0 aromatic heterocycles. The van der Waals surface area contributed by atoms with E-state index in [0.717, 1.165) is 0 Å². The van der Waals surface area contributed by atoms with Crippen LogP contribution in [-0.2, 0) is 19.6 Å². The highest BCUT2D eigenvalue weighted by atomic mass is 32.2. The average Bonchev–Trinajstić information content (AvgIpc) is 2.47. The zero-order valence-corrected chi connectivity index (χ0v) is 13.7. The lowest BCUT2D eigenvalue weighted by Crippen LogP contribution is -2.51. The molecule has 0 fully saturated rings. The molecule has 0 saturated heterocycles. The third-order valence-electron chi connectivity index (χ3n) is 3.73. The minimum absolute atomic E-state index is 0.0733. The van der Waals surface area contributed by atoms with Gasteiger partial charge in [0.1, 0.15) is 11.3 Å². The summed E-state index contributed by atoms with van der Waals surface area (Å²) in [6, 6.07) is 3.95. The van der Waals surface area contributed by atoms with E-state index in [0.29, 0.717) is 5.75 Å². The summed E-state index contributed by atoms with van der Waals surface area (Å²) < 4.78 is 32.4. The third kappa shape index (κ3) is 3.30. The van der Waals surface area contributed by atoms with E-state index in [-0.39, 0.29) is 22.9 Å². The average molecular weight is 342 g/mol. The van der Waals surface area contributed by atoms with Gasteiger partial charge in [0.2, 0.25) is 10.0 Å². The molecule has 0 spiro atoms. The molecule has 0 radical (unpaired) electrons. The highest BCUT2D eigenvalue weighted by molar-refractivity contribution is 7.89. The monoisotopic (exact) mass is 342 g/mol. The van der Waals surface area contributed by atoms with Crippen LogP contribution in [0.25, 0.3) is 0 Å². The molecule has 1 heterocycles. The Morgan fingerprint density at radius 1 is 1.48 bits per heavy atom. The van der Waals surface area contributed by atoms with Gasteiger partial charge in [-0.2, -0.15) is 4.72 Å². The zero-order chi connectivity index (χ0) is 17.4. The van der Waals surface area contributed by atoms with Gasteiger partial charge in [-0.05, 0) is 38.5 Å². The second-order valence-electron chi connectivity index (χ2n) is 5.50. The van der Waals surface area contributed by atoms with Crippen LogP contribution < -0.4 is 14.8 Å². The molecule has 1 amide bonds. The topological polar surface area (TPSA) is 122 Å². The molecule has 0 aliphatic carbocycles. The van der Waals surface area contributed by atoms with Gasteiger partial charge >= 0.3 is 5.97 Å². The fourth-order valence-electron chi connectivity index (χ4n) is 1.98. The Kier molecular flexibility index (Phi) is 4.36. The number of aliphatic carboxylic acids is 1. The number of anilines is 1. The number of benzene rings is 1. The van der Waals surface area contributed by atoms with E-state index in [4.69, 9.17) is 4.74 Å². The Labute approximate surface area is 133 Å². The molecular formula is C14H18N2O6S. The highest BCUT2D eigenvalue weighted by Gasteiger charge is 2.36. The molecule has 1 aliphatic heterocycles. The summed E-state index contributed by atoms with van der Waals surface area (Å²) in [6.07, 6.45) is -0.595. The van der Waals surface area contributed by atoms with Crippen LogP contribution in [0.4, 0.5) is 5.69 Å². The van der Waals surface area contributed by atoms with E-state index >= 15 is 0 Å². The van der Waals surface area contributed by atoms with Crippen molar-refractivity contribution in [1.82, 2.24) is 4.72 Å². The van der Waals surface area contributed by atoms with Crippen LogP contribution in [0.2, 0.25) is 0 Å². The van der Waals surface area contributed by atoms with Crippen molar-refractivity contribution >= 4 is 27.6 Å². The maximum absolute atomic E-state index is 12.4. The predicted molar refractivity (Wildman–Crippen MR) is 81.8 cm³/mol. The number of carbonyl (C=O) groups excluding carboxylic acids is 1. The molecule has 0 bridgehead atoms. The zero-order valence-electron chi connectivity index (χ0n) is 12.9. The highest BCUT2D eigenvalue weighted by Crippen LogP contribution is 2.32. The van der Waals surface area contributed by atoms with Crippen molar-refractivity contribution in [1.29, 1.82) is 0 Å². The second-order valence-corrected chi connectivity index (χ2v) is 7.19. The standard InChI is InChI=1S/C14H18N2O6S/c1-4-14(3,13(18)19)16-23(20,21)9-5-6-11-10(7-9)15-12(17)8(2)22-11/h5-8,16H,4H2,1-3H3,(H,15,17)(H,18,19)/t8-,14+/m1/s1. The first-order valence-corrected chi connectivity index (χ1v) is 8.46. The lowest BCUT2D eigenvalue weighted by atomic mass is 10.0. The van der Waals surface area contributed by atoms with E-state index in [9.17, 15) is 23.1 Å². The molecule has 1 aliphatic rings. The fourth-order valence-corrected chi connectivity index (χ4v) is 3.44. The van der Waals surface area contributed by atoms with Gasteiger partial charge in [-0.15, -0.1) is 0 Å². The summed E-state index contributed by atoms with van der Waals surface area (Å²) in [5.41, 5.74) is -1.40. The Bertz CT molecular complexity index is 761. The number of carboxylic acids is 1. The number of carboxylic acid groups (broad SMARTS) is 1. The van der Waals surface area contributed by atoms with Gasteiger partial charge < -0.3 is 15.2 Å². The first-order chi connectivity index (χ1) is 10.6. The number of carbonyl (C=O) groups is 2. The lowest BCUT2D eigenvalue weighted by molar-refractivity contribution is -0.143. The van der Waals surface area contributed by atoms with Gasteiger partial charge in [-0.1, -0.05) is 6.92 Å². The van der Waals surface area contributed by atoms with Crippen LogP contribution in [0.3, 0.4) is 0 Å². The number of hydrogen-bond donors (Lipinski definition) is 3. The summed E-state index contributed by atoms with van der Waals surface area (Å²) in [5, 5.41) is 11.7. The van der Waals surface area contributed by atoms with Gasteiger partial charge in [0.15, 0.2) is 6.10 Å². The summed E-state index contributed by atoms with van der Waals surface area (Å²) in [7, 11) is -4.08. The van der Waals surface area contributed by atoms with Gasteiger partial charge in [0.05, 0.1) is 10.6 Å². The molecule has 23 heavy (non-hydrogen) atoms. The summed E-state index contributed by atoms with van der Waals surface area (Å²) in [4.78, 5) is 22.7. The number of sulfonamides is 1. The Balaban J connectivity index is 2.37. The number of rotatable bonds is 5. The summed E-state index contributed by atoms with van der Waals surface area (Å²) >= 11 is 0. The molecule has 3 N–H and O–H groups in total. The molecule has 1 aromatic rings. The number of ether oxygens (including phenoxy) is 1. The molecule has 9 heteroatoms. The summed E-state index contributed by atoms with van der Waals surface area (Å²) in [6.45, 7) is 4.43. The molecule has 8 nitrogen and oxygen atoms in total. The van der Waals surface area contributed by atoms with E-state index in [1.54, 1.807) is 13.8 Å². The normalized spacial score (nSPS) is 20.0. The van der Waals surface area contributed by atoms with Crippen LogP contribution in [0.5, 0.6) is 5.75 Å². The van der Waals surface area contributed by atoms with E-state index in [1.807, 2.05) is 0 Å². The van der Waals surface area contributed by atoms with Crippen molar-refractivity contribution in [3.63, 3.8) is 0 Å². The smallest absolute Gasteiger partial charge is 0.324 e. The van der Waals surface area contributed by atoms with Crippen LogP contribution >= 0.6 is 0 Å². The quantitative estimate of drug-likeness (QED) is 0.732. The van der Waals surface area contributed by atoms with Gasteiger partial charge in [0.25, 0.3) is 5.91 Å². The number of amides is 1. The maximum atomic E-state index is 12.4. The Morgan fingerprint density at radius 2 is 2.13 bits per heavy atom. The molecular weight excluding hydrogens is 324 g/mol. The Morgan fingerprint density at radius 3 is 2.70 bits per heavy atom. The van der Waals surface area contributed by atoms with Crippen molar-refractivity contribution in [2.75, 3.05) is 5.32 Å². The minimum atomic E-state index is -4.08. The van der Waals surface area contributed by atoms with E-state index < -0.39 is 27.6 Å². The van der Waals surface area contributed by atoms with Crippen LogP contribution in [-0.4, -0.2) is 37.0 Å². The van der Waals surface area contributed by atoms with Crippen molar-refractivity contribution < 1.29 is 27.9 Å². The van der Waals surface area contributed by atoms with Crippen LogP contribution in [0.1, 0.15) is 27.2 Å². The van der Waals surface area contributed by atoms with Crippen LogP contribution in [0, 0.1) is 0 Å². The van der Waals surface area contributed by atoms with E-state index in [2.05, 4.69) is 10.0 Å². The molecule has 2 rings (SSSR count). The maximum Gasteiger partial charge on any atom is 0.324 e. The van der Waals surface area contributed by atoms with Gasteiger partial charge in [-0.3, -0.25) is 9.59 Å². The first-order valence-electron chi connectivity index (χ1n) is 6.98. The number of nitrogens with one attached hydrogen (secondary N) is 2. The molecule has 0 unspecified atom stereocenters. The second kappa shape index (κ2) is 5.82. The third-order valence-corrected chi connectivity index (χ3v) is 5.32. The van der Waals surface area contributed by atoms with Crippen LogP contribution in [0.15, 0.2) is 23.1 Å². The first kappa shape index (κ1) is 17.2. The van der Waals surface area contributed by atoms with Gasteiger partial charge in [-0.25, -0.2) is 8.42 Å². The molecule has 0 saturated carbocycles. The molecule has 2 atom stereocenters. The predicted octanol–water partition coefficient (Wildman–Crippen LogP) is 0.938. The fraction of sp³-hybridized carbons (Fsp3) is 0.429.